The average Bonchev–Trinajstić information content (AvgIpc) is 3.09. The van der Waals surface area contributed by atoms with Crippen LogP contribution >= 0.6 is 0 Å². The summed E-state index contributed by atoms with van der Waals surface area (Å²) in [5.41, 5.74) is 1.28. The van der Waals surface area contributed by atoms with E-state index >= 15 is 0 Å². The Morgan fingerprint density at radius 1 is 1.25 bits per heavy atom. The molecule has 0 saturated carbocycles. The number of aryl methyl sites for hydroxylation is 1. The first kappa shape index (κ1) is 16.8. The molecule has 0 radical (unpaired) electrons. The Bertz CT molecular complexity index is 631. The Balaban J connectivity index is 1.52. The summed E-state index contributed by atoms with van der Waals surface area (Å²) in [6.07, 6.45) is 3.20. The molecule has 0 aliphatic carbocycles. The van der Waals surface area contributed by atoms with Gasteiger partial charge in [-0.05, 0) is 44.2 Å². The van der Waals surface area contributed by atoms with Crippen LogP contribution in [0, 0.1) is 0 Å². The van der Waals surface area contributed by atoms with E-state index in [0.717, 1.165) is 56.3 Å². The summed E-state index contributed by atoms with van der Waals surface area (Å²) >= 11 is 0. The number of anilines is 1. The largest absolute Gasteiger partial charge is 0.497 e. The summed E-state index contributed by atoms with van der Waals surface area (Å²) in [5.74, 6) is 2.77. The number of hydrogen-bond donors (Lipinski definition) is 1. The standard InChI is InChI=1S/C18H27N5O/c1-4-17-19-18(21-20-17)13-22(2)14-9-11-23(12-10-14)15-5-7-16(24-3)8-6-15/h5-8,14H,4,9-13H2,1-3H3,(H,19,20,21). The normalized spacial score (nSPS) is 15.9. The summed E-state index contributed by atoms with van der Waals surface area (Å²) in [5, 5.41) is 7.26. The second kappa shape index (κ2) is 7.66. The van der Waals surface area contributed by atoms with Gasteiger partial charge in [-0.2, -0.15) is 5.10 Å². The number of benzene rings is 1. The SMILES string of the molecule is CCc1n[nH]c(CN(C)C2CCN(c3ccc(OC)cc3)CC2)n1. The highest BCUT2D eigenvalue weighted by molar-refractivity contribution is 5.49. The third-order valence-corrected chi connectivity index (χ3v) is 4.82. The quantitative estimate of drug-likeness (QED) is 0.882. The fourth-order valence-corrected chi connectivity index (χ4v) is 3.29. The summed E-state index contributed by atoms with van der Waals surface area (Å²) in [6, 6.07) is 8.94. The lowest BCUT2D eigenvalue weighted by Gasteiger charge is -2.37. The van der Waals surface area contributed by atoms with Gasteiger partial charge in [0.2, 0.25) is 0 Å². The number of ether oxygens (including phenoxy) is 1. The third kappa shape index (κ3) is 3.87. The Morgan fingerprint density at radius 2 is 1.96 bits per heavy atom. The minimum atomic E-state index is 0.592. The minimum Gasteiger partial charge on any atom is -0.497 e. The van der Waals surface area contributed by atoms with Gasteiger partial charge in [0, 0.05) is 31.2 Å². The summed E-state index contributed by atoms with van der Waals surface area (Å²) in [7, 11) is 3.89. The van der Waals surface area contributed by atoms with E-state index in [1.807, 2.05) is 12.1 Å². The van der Waals surface area contributed by atoms with Gasteiger partial charge in [-0.15, -0.1) is 0 Å². The van der Waals surface area contributed by atoms with Crippen LogP contribution in [0.5, 0.6) is 5.75 Å². The molecule has 6 nitrogen and oxygen atoms in total. The Morgan fingerprint density at radius 3 is 2.54 bits per heavy atom. The Hall–Kier alpha value is -2.08. The van der Waals surface area contributed by atoms with Gasteiger partial charge in [0.25, 0.3) is 0 Å². The maximum Gasteiger partial charge on any atom is 0.150 e. The van der Waals surface area contributed by atoms with Crippen molar-refractivity contribution in [1.29, 1.82) is 0 Å². The van der Waals surface area contributed by atoms with Crippen LogP contribution in [0.2, 0.25) is 0 Å². The predicted octanol–water partition coefficient (Wildman–Crippen LogP) is 2.48. The molecule has 130 valence electrons. The minimum absolute atomic E-state index is 0.592. The molecule has 2 heterocycles. The number of nitrogens with zero attached hydrogens (tertiary/aromatic N) is 4. The lowest BCUT2D eigenvalue weighted by molar-refractivity contribution is 0.196. The summed E-state index contributed by atoms with van der Waals surface area (Å²) < 4.78 is 5.23. The molecule has 3 rings (SSSR count). The van der Waals surface area contributed by atoms with Crippen molar-refractivity contribution in [1.82, 2.24) is 20.1 Å². The van der Waals surface area contributed by atoms with Crippen molar-refractivity contribution in [3.8, 4) is 5.75 Å². The Kier molecular flexibility index (Phi) is 5.35. The third-order valence-electron chi connectivity index (χ3n) is 4.82. The zero-order valence-corrected chi connectivity index (χ0v) is 14.8. The van der Waals surface area contributed by atoms with Crippen molar-refractivity contribution >= 4 is 5.69 Å². The van der Waals surface area contributed by atoms with Crippen molar-refractivity contribution in [2.45, 2.75) is 38.8 Å². The molecule has 1 N–H and O–H groups in total. The van der Waals surface area contributed by atoms with Crippen LogP contribution in [-0.2, 0) is 13.0 Å². The van der Waals surface area contributed by atoms with E-state index in [0.29, 0.717) is 6.04 Å². The molecule has 24 heavy (non-hydrogen) atoms. The van der Waals surface area contributed by atoms with Crippen molar-refractivity contribution < 1.29 is 4.74 Å². The first-order chi connectivity index (χ1) is 11.7. The number of H-pyrrole nitrogens is 1. The van der Waals surface area contributed by atoms with Crippen molar-refractivity contribution in [2.24, 2.45) is 0 Å². The lowest BCUT2D eigenvalue weighted by atomic mass is 10.0. The number of nitrogens with one attached hydrogen (secondary N) is 1. The summed E-state index contributed by atoms with van der Waals surface area (Å²) in [4.78, 5) is 9.36. The van der Waals surface area contributed by atoms with Gasteiger partial charge in [-0.3, -0.25) is 10.00 Å². The molecule has 1 aliphatic heterocycles. The number of aromatic nitrogens is 3. The average molecular weight is 329 g/mol. The van der Waals surface area contributed by atoms with E-state index in [4.69, 9.17) is 4.74 Å². The molecule has 1 fully saturated rings. The van der Waals surface area contributed by atoms with E-state index in [9.17, 15) is 0 Å². The van der Waals surface area contributed by atoms with Crippen LogP contribution in [0.1, 0.15) is 31.4 Å². The number of piperidine rings is 1. The van der Waals surface area contributed by atoms with E-state index in [-0.39, 0.29) is 0 Å². The van der Waals surface area contributed by atoms with Crippen LogP contribution in [0.25, 0.3) is 0 Å². The van der Waals surface area contributed by atoms with E-state index in [1.54, 1.807) is 7.11 Å². The van der Waals surface area contributed by atoms with Gasteiger partial charge in [-0.25, -0.2) is 4.98 Å². The molecule has 0 bridgehead atoms. The van der Waals surface area contributed by atoms with Gasteiger partial charge in [0.05, 0.1) is 13.7 Å². The van der Waals surface area contributed by atoms with Crippen molar-refractivity contribution in [3.05, 3.63) is 35.9 Å². The van der Waals surface area contributed by atoms with E-state index in [2.05, 4.69) is 51.1 Å². The molecule has 2 aromatic rings. The monoisotopic (exact) mass is 329 g/mol. The zero-order valence-electron chi connectivity index (χ0n) is 14.8. The first-order valence-electron chi connectivity index (χ1n) is 8.69. The summed E-state index contributed by atoms with van der Waals surface area (Å²) in [6.45, 7) is 5.07. The fourth-order valence-electron chi connectivity index (χ4n) is 3.29. The van der Waals surface area contributed by atoms with E-state index < -0.39 is 0 Å². The van der Waals surface area contributed by atoms with Gasteiger partial charge in [0.15, 0.2) is 0 Å². The predicted molar refractivity (Wildman–Crippen MR) is 95.5 cm³/mol. The maximum absolute atomic E-state index is 5.23. The molecule has 0 atom stereocenters. The van der Waals surface area contributed by atoms with Crippen LogP contribution in [0.15, 0.2) is 24.3 Å². The molecule has 0 unspecified atom stereocenters. The fraction of sp³-hybridized carbons (Fsp3) is 0.556. The van der Waals surface area contributed by atoms with Crippen LogP contribution in [0.3, 0.4) is 0 Å². The molecule has 6 heteroatoms. The van der Waals surface area contributed by atoms with Crippen LogP contribution in [-0.4, -0.2) is 53.4 Å². The van der Waals surface area contributed by atoms with E-state index in [1.165, 1.54) is 5.69 Å². The first-order valence-corrected chi connectivity index (χ1v) is 8.69. The second-order valence-corrected chi connectivity index (χ2v) is 6.38. The molecular formula is C18H27N5O. The Labute approximate surface area is 143 Å². The van der Waals surface area contributed by atoms with Gasteiger partial charge in [0.1, 0.15) is 17.4 Å². The highest BCUT2D eigenvalue weighted by Gasteiger charge is 2.23. The van der Waals surface area contributed by atoms with Crippen molar-refractivity contribution in [3.63, 3.8) is 0 Å². The van der Waals surface area contributed by atoms with Gasteiger partial charge < -0.3 is 9.64 Å². The number of aromatic amines is 1. The highest BCUT2D eigenvalue weighted by atomic mass is 16.5. The smallest absolute Gasteiger partial charge is 0.150 e. The van der Waals surface area contributed by atoms with Crippen LogP contribution in [0.4, 0.5) is 5.69 Å². The molecule has 0 spiro atoms. The topological polar surface area (TPSA) is 57.3 Å². The number of hydrogen-bond acceptors (Lipinski definition) is 5. The molecule has 1 aromatic heterocycles. The molecule has 1 aromatic carbocycles. The lowest BCUT2D eigenvalue weighted by Crippen LogP contribution is -2.43. The molecule has 1 saturated heterocycles. The zero-order chi connectivity index (χ0) is 16.9. The highest BCUT2D eigenvalue weighted by Crippen LogP contribution is 2.24. The van der Waals surface area contributed by atoms with Crippen molar-refractivity contribution in [2.75, 3.05) is 32.1 Å². The van der Waals surface area contributed by atoms with Gasteiger partial charge in [-0.1, -0.05) is 6.92 Å². The molecule has 1 aliphatic rings. The maximum atomic E-state index is 5.23. The molecule has 0 amide bonds. The second-order valence-electron chi connectivity index (χ2n) is 6.38. The number of methoxy groups -OCH3 is 1. The molecular weight excluding hydrogens is 302 g/mol. The number of rotatable bonds is 6. The van der Waals surface area contributed by atoms with Gasteiger partial charge >= 0.3 is 0 Å². The van der Waals surface area contributed by atoms with Crippen LogP contribution < -0.4 is 9.64 Å².